The first kappa shape index (κ1) is 5.20. The second-order valence-electron chi connectivity index (χ2n) is 0.438. The molecule has 0 saturated heterocycles. The molecule has 0 atom stereocenters. The molecule has 0 bridgehead atoms. The van der Waals surface area contributed by atoms with Gasteiger partial charge in [0.1, 0.15) is 0 Å². The molecule has 0 rings (SSSR count). The molecule has 1 N–H and O–H groups in total. The minimum atomic E-state index is -3.94. The van der Waals surface area contributed by atoms with Gasteiger partial charge < -0.3 is 0 Å². The Morgan fingerprint density at radius 3 is 1.60 bits per heavy atom. The third kappa shape index (κ3) is 508. The molecule has 0 amide bonds. The molecule has 5 heavy (non-hydrogen) atoms. The zero-order valence-electron chi connectivity index (χ0n) is 2.10. The highest BCUT2D eigenvalue weighted by Crippen LogP contribution is 1.80. The van der Waals surface area contributed by atoms with E-state index in [0.29, 0.717) is 0 Å². The Morgan fingerprint density at radius 1 is 1.60 bits per heavy atom. The Kier molecular flexibility index (Phi) is 1.16. The van der Waals surface area contributed by atoms with E-state index in [0.717, 1.165) is 0 Å². The summed E-state index contributed by atoms with van der Waals surface area (Å²) in [6.45, 7) is 0. The monoisotopic (exact) mass is 114 g/mol. The Morgan fingerprint density at radius 2 is 1.60 bits per heavy atom. The lowest BCUT2D eigenvalue weighted by Gasteiger charge is -1.64. The molecule has 0 aliphatic heterocycles. The lowest BCUT2D eigenvalue weighted by atomic mass is 14.0. The minimum absolute atomic E-state index is 3.94. The highest BCUT2D eigenvalue weighted by molar-refractivity contribution is 8.11. The van der Waals surface area contributed by atoms with Gasteiger partial charge in [-0.15, -0.1) is 5.14 Å². The van der Waals surface area contributed by atoms with Crippen LogP contribution in [0.3, 0.4) is 0 Å². The van der Waals surface area contributed by atoms with Crippen molar-refractivity contribution in [3.8, 4) is 0 Å². The van der Waals surface area contributed by atoms with E-state index in [1.807, 2.05) is 0 Å². The van der Waals surface area contributed by atoms with Crippen LogP contribution in [-0.2, 0) is 9.24 Å². The van der Waals surface area contributed by atoms with Crippen molar-refractivity contribution in [1.29, 1.82) is 0 Å². The SMILES string of the molecule is [NH]S(=O)(=O)Cl. The third-order valence-corrected chi connectivity index (χ3v) is 0. The van der Waals surface area contributed by atoms with E-state index >= 15 is 0 Å². The van der Waals surface area contributed by atoms with Gasteiger partial charge in [0.15, 0.2) is 0 Å². The first-order chi connectivity index (χ1) is 2.00. The number of rotatable bonds is 0. The van der Waals surface area contributed by atoms with Gasteiger partial charge >= 0.3 is 9.24 Å². The fourth-order valence-corrected chi connectivity index (χ4v) is 0. The summed E-state index contributed by atoms with van der Waals surface area (Å²) in [5.41, 5.74) is 0. The number of halogens is 1. The van der Waals surface area contributed by atoms with E-state index in [-0.39, 0.29) is 0 Å². The molecule has 0 aromatic carbocycles. The standard InChI is InChI=1S/ClHNO2S/c1-5(2,3)4/h2H. The zero-order valence-corrected chi connectivity index (χ0v) is 3.68. The Balaban J connectivity index is 4.06. The summed E-state index contributed by atoms with van der Waals surface area (Å²) in [4.78, 5) is 0. The van der Waals surface area contributed by atoms with Crippen LogP contribution in [0.15, 0.2) is 0 Å². The van der Waals surface area contributed by atoms with Crippen LogP contribution in [-0.4, -0.2) is 8.42 Å². The lowest BCUT2D eigenvalue weighted by molar-refractivity contribution is 0.610. The molecule has 0 spiro atoms. The predicted octanol–water partition coefficient (Wildman–Crippen LogP) is -0.247. The second-order valence-corrected chi connectivity index (χ2v) is 2.53. The van der Waals surface area contributed by atoms with Crippen molar-refractivity contribution in [2.75, 3.05) is 0 Å². The summed E-state index contributed by atoms with van der Waals surface area (Å²) < 4.78 is 18.1. The summed E-state index contributed by atoms with van der Waals surface area (Å²) in [7, 11) is 0.225. The number of hydrogen-bond donors (Lipinski definition) is 0. The molecule has 0 aromatic rings. The van der Waals surface area contributed by atoms with Crippen molar-refractivity contribution >= 4 is 19.9 Å². The van der Waals surface area contributed by atoms with Crippen LogP contribution >= 0.6 is 10.7 Å². The zero-order chi connectivity index (χ0) is 4.50. The fourth-order valence-electron chi connectivity index (χ4n) is 0. The van der Waals surface area contributed by atoms with Crippen LogP contribution < -0.4 is 5.14 Å². The van der Waals surface area contributed by atoms with E-state index in [2.05, 4.69) is 10.7 Å². The van der Waals surface area contributed by atoms with E-state index in [1.165, 1.54) is 0 Å². The number of nitrogens with one attached hydrogen (secondary N) is 1. The van der Waals surface area contributed by atoms with Gasteiger partial charge in [-0.3, -0.25) is 0 Å². The highest BCUT2D eigenvalue weighted by atomic mass is 35.7. The molecule has 0 heterocycles. The summed E-state index contributed by atoms with van der Waals surface area (Å²) in [6.07, 6.45) is 0. The van der Waals surface area contributed by atoms with Crippen molar-refractivity contribution < 1.29 is 8.42 Å². The van der Waals surface area contributed by atoms with Crippen molar-refractivity contribution in [1.82, 2.24) is 5.14 Å². The van der Waals surface area contributed by atoms with Crippen molar-refractivity contribution in [2.24, 2.45) is 0 Å². The van der Waals surface area contributed by atoms with Crippen LogP contribution in [0.4, 0.5) is 0 Å². The van der Waals surface area contributed by atoms with E-state index in [9.17, 15) is 0 Å². The topological polar surface area (TPSA) is 57.9 Å². The molecule has 0 aliphatic rings. The molecule has 5 heteroatoms. The van der Waals surface area contributed by atoms with Crippen LogP contribution in [0, 0.1) is 0 Å². The van der Waals surface area contributed by atoms with Gasteiger partial charge in [-0.2, -0.15) is 8.42 Å². The van der Waals surface area contributed by atoms with Gasteiger partial charge in [0.2, 0.25) is 0 Å². The summed E-state index contributed by atoms with van der Waals surface area (Å²) in [5.74, 6) is 0. The Hall–Kier alpha value is 0.200. The molecule has 0 saturated carbocycles. The van der Waals surface area contributed by atoms with Gasteiger partial charge in [-0.25, -0.2) is 0 Å². The normalized spacial score (nSPS) is 11.6. The van der Waals surface area contributed by atoms with Gasteiger partial charge in [-0.1, -0.05) is 0 Å². The first-order valence-electron chi connectivity index (χ1n) is 0.692. The average Bonchev–Trinajstić information content (AvgIpc) is 0.722. The van der Waals surface area contributed by atoms with Gasteiger partial charge in [-0.05, 0) is 0 Å². The lowest BCUT2D eigenvalue weighted by Crippen LogP contribution is -1.82. The predicted molar refractivity (Wildman–Crippen MR) is 17.9 cm³/mol. The van der Waals surface area contributed by atoms with Gasteiger partial charge in [0, 0.05) is 10.7 Å². The van der Waals surface area contributed by atoms with Crippen molar-refractivity contribution in [3.05, 3.63) is 0 Å². The summed E-state index contributed by atoms with van der Waals surface area (Å²) in [5, 5.41) is 5.68. The number of hydrogen-bond acceptors (Lipinski definition) is 2. The van der Waals surface area contributed by atoms with E-state index in [1.54, 1.807) is 0 Å². The summed E-state index contributed by atoms with van der Waals surface area (Å²) >= 11 is 0. The average molecular weight is 115 g/mol. The van der Waals surface area contributed by atoms with Crippen LogP contribution in [0.2, 0.25) is 0 Å². The maximum absolute atomic E-state index is 9.06. The fraction of sp³-hybridized carbons (Fsp3) is 0. The second kappa shape index (κ2) is 1.12. The smallest absolute Gasteiger partial charge is 0.194 e. The molecular formula is HClNO2S. The maximum Gasteiger partial charge on any atom is 0.310 e. The molecule has 0 aliphatic carbocycles. The quantitative estimate of drug-likeness (QED) is 0.408. The molecule has 31 valence electrons. The van der Waals surface area contributed by atoms with Crippen LogP contribution in [0.5, 0.6) is 0 Å². The third-order valence-electron chi connectivity index (χ3n) is 0. The molecule has 0 aromatic heterocycles. The Bertz CT molecular complexity index is 92.8. The van der Waals surface area contributed by atoms with Crippen LogP contribution in [0.1, 0.15) is 0 Å². The summed E-state index contributed by atoms with van der Waals surface area (Å²) in [6, 6.07) is 0. The van der Waals surface area contributed by atoms with Crippen molar-refractivity contribution in [2.45, 2.75) is 0 Å². The van der Waals surface area contributed by atoms with Gasteiger partial charge in [0.05, 0.1) is 0 Å². The maximum atomic E-state index is 9.06. The Labute approximate surface area is 34.3 Å². The minimum Gasteiger partial charge on any atom is -0.194 e. The molecular weight excluding hydrogens is 114 g/mol. The van der Waals surface area contributed by atoms with Crippen molar-refractivity contribution in [3.63, 3.8) is 0 Å². The van der Waals surface area contributed by atoms with Gasteiger partial charge in [0.25, 0.3) is 0 Å². The first-order valence-corrected chi connectivity index (χ1v) is 3.00. The molecule has 1 radical (unpaired) electrons. The van der Waals surface area contributed by atoms with E-state index in [4.69, 9.17) is 13.6 Å². The molecule has 0 unspecified atom stereocenters. The highest BCUT2D eigenvalue weighted by Gasteiger charge is 1.86. The largest absolute Gasteiger partial charge is 0.310 e. The molecule has 3 nitrogen and oxygen atoms in total. The van der Waals surface area contributed by atoms with Crippen LogP contribution in [0.25, 0.3) is 0 Å². The van der Waals surface area contributed by atoms with E-state index < -0.39 is 9.24 Å². The molecule has 0 fully saturated rings.